The molecule has 31 heavy (non-hydrogen) atoms. The zero-order chi connectivity index (χ0) is 21.5. The Morgan fingerprint density at radius 1 is 0.968 bits per heavy atom. The summed E-state index contributed by atoms with van der Waals surface area (Å²) in [6.45, 7) is 0.566. The van der Waals surface area contributed by atoms with Crippen molar-refractivity contribution in [3.63, 3.8) is 0 Å². The minimum Gasteiger partial charge on any atom is -0.493 e. The quantitative estimate of drug-likeness (QED) is 0.280. The first kappa shape index (κ1) is 20.9. The molecule has 0 aliphatic heterocycles. The van der Waals surface area contributed by atoms with Crippen molar-refractivity contribution in [2.75, 3.05) is 6.61 Å². The average Bonchev–Trinajstić information content (AvgIpc) is 3.49. The molecule has 0 spiro atoms. The molecule has 2 aromatic carbocycles. The molecule has 0 amide bonds. The number of nitrogens with zero attached hydrogens (tertiary/aromatic N) is 1. The first-order valence-electron chi connectivity index (χ1n) is 10.2. The van der Waals surface area contributed by atoms with Crippen LogP contribution in [0.4, 0.5) is 0 Å². The van der Waals surface area contributed by atoms with Gasteiger partial charge in [0.1, 0.15) is 16.5 Å². The summed E-state index contributed by atoms with van der Waals surface area (Å²) in [4.78, 5) is 16.3. The monoisotopic (exact) mass is 433 g/mol. The third-order valence-corrected chi connectivity index (χ3v) is 5.97. The number of para-hydroxylation sites is 1. The van der Waals surface area contributed by atoms with Crippen molar-refractivity contribution in [1.29, 1.82) is 0 Å². The predicted octanol–water partition coefficient (Wildman–Crippen LogP) is 6.76. The van der Waals surface area contributed by atoms with Gasteiger partial charge >= 0.3 is 5.97 Å². The molecule has 0 fully saturated rings. The Bertz CT molecular complexity index is 1120. The molecule has 0 saturated carbocycles. The fraction of sp³-hybridized carbons (Fsp3) is 0.200. The van der Waals surface area contributed by atoms with Gasteiger partial charge in [0.25, 0.3) is 0 Å². The molecule has 6 heteroatoms. The van der Waals surface area contributed by atoms with Crippen LogP contribution in [0.2, 0.25) is 0 Å². The maximum absolute atomic E-state index is 10.6. The van der Waals surface area contributed by atoms with Gasteiger partial charge in [-0.2, -0.15) is 0 Å². The Labute approximate surface area is 185 Å². The van der Waals surface area contributed by atoms with E-state index in [4.69, 9.17) is 14.3 Å². The number of carbonyl (C=O) groups is 1. The molecule has 0 saturated heterocycles. The van der Waals surface area contributed by atoms with E-state index in [2.05, 4.69) is 17.1 Å². The zero-order valence-electron chi connectivity index (χ0n) is 17.0. The maximum atomic E-state index is 10.6. The summed E-state index contributed by atoms with van der Waals surface area (Å²) in [6, 6.07) is 20.0. The van der Waals surface area contributed by atoms with E-state index in [1.54, 1.807) is 17.6 Å². The van der Waals surface area contributed by atoms with Crippen LogP contribution in [0.25, 0.3) is 32.3 Å². The molecule has 1 N–H and O–H groups in total. The molecular weight excluding hydrogens is 410 g/mol. The molecule has 158 valence electrons. The molecule has 5 nitrogen and oxygen atoms in total. The highest BCUT2D eigenvalue weighted by Gasteiger charge is 2.12. The number of furan rings is 1. The van der Waals surface area contributed by atoms with E-state index in [0.717, 1.165) is 50.9 Å². The van der Waals surface area contributed by atoms with E-state index >= 15 is 0 Å². The molecule has 0 atom stereocenters. The Balaban J connectivity index is 1.42. The molecule has 4 rings (SSSR count). The Morgan fingerprint density at radius 3 is 2.55 bits per heavy atom. The number of unbranched alkanes of at least 4 members (excludes halogenated alkanes) is 2. The highest BCUT2D eigenvalue weighted by atomic mass is 32.1. The summed E-state index contributed by atoms with van der Waals surface area (Å²) in [5.41, 5.74) is 3.11. The van der Waals surface area contributed by atoms with E-state index in [1.807, 2.05) is 54.7 Å². The van der Waals surface area contributed by atoms with Crippen molar-refractivity contribution < 1.29 is 19.1 Å². The van der Waals surface area contributed by atoms with Gasteiger partial charge in [0.2, 0.25) is 0 Å². The number of aliphatic carboxylic acids is 1. The number of aromatic nitrogens is 1. The van der Waals surface area contributed by atoms with Crippen LogP contribution in [0, 0.1) is 0 Å². The topological polar surface area (TPSA) is 72.6 Å². The minimum absolute atomic E-state index is 0.211. The van der Waals surface area contributed by atoms with Crippen molar-refractivity contribution in [2.24, 2.45) is 0 Å². The maximum Gasteiger partial charge on any atom is 0.303 e. The molecule has 4 aromatic rings. The van der Waals surface area contributed by atoms with E-state index in [-0.39, 0.29) is 6.42 Å². The smallest absolute Gasteiger partial charge is 0.303 e. The predicted molar refractivity (Wildman–Crippen MR) is 122 cm³/mol. The van der Waals surface area contributed by atoms with Crippen molar-refractivity contribution >= 4 is 17.3 Å². The number of hydrogen-bond acceptors (Lipinski definition) is 5. The standard InChI is InChI=1S/C25H23NO4S/c27-24(28)10-2-1-5-15-30-22-8-4-3-7-20(22)23-17-26-25(31-23)19-13-11-18(12-14-19)21-9-6-16-29-21/h3-4,6-9,11-14,16-17H,1-2,5,10,15H2,(H,27,28). The molecule has 2 heterocycles. The Hall–Kier alpha value is -3.38. The molecular formula is C25H23NO4S. The van der Waals surface area contributed by atoms with Gasteiger partial charge < -0.3 is 14.3 Å². The second-order valence-corrected chi connectivity index (χ2v) is 8.16. The van der Waals surface area contributed by atoms with Crippen LogP contribution in [0.15, 0.2) is 77.5 Å². The number of rotatable bonds is 10. The fourth-order valence-corrected chi connectivity index (χ4v) is 4.24. The van der Waals surface area contributed by atoms with E-state index in [0.29, 0.717) is 13.0 Å². The second-order valence-electron chi connectivity index (χ2n) is 7.13. The average molecular weight is 434 g/mol. The van der Waals surface area contributed by atoms with Crippen LogP contribution in [-0.4, -0.2) is 22.7 Å². The molecule has 0 bridgehead atoms. The van der Waals surface area contributed by atoms with Crippen LogP contribution >= 0.6 is 11.3 Å². The highest BCUT2D eigenvalue weighted by molar-refractivity contribution is 7.18. The third kappa shape index (κ3) is 5.41. The van der Waals surface area contributed by atoms with Crippen LogP contribution < -0.4 is 4.74 Å². The summed E-state index contributed by atoms with van der Waals surface area (Å²) in [7, 11) is 0. The summed E-state index contributed by atoms with van der Waals surface area (Å²) >= 11 is 1.63. The van der Waals surface area contributed by atoms with Crippen LogP contribution in [0.5, 0.6) is 5.75 Å². The number of carboxylic acids is 1. The summed E-state index contributed by atoms with van der Waals surface area (Å²) in [5.74, 6) is 0.924. The van der Waals surface area contributed by atoms with Gasteiger partial charge in [-0.1, -0.05) is 36.4 Å². The van der Waals surface area contributed by atoms with Crippen molar-refractivity contribution in [3.05, 3.63) is 73.1 Å². The lowest BCUT2D eigenvalue weighted by Crippen LogP contribution is -2.00. The lowest BCUT2D eigenvalue weighted by atomic mass is 10.1. The highest BCUT2D eigenvalue weighted by Crippen LogP contribution is 2.37. The van der Waals surface area contributed by atoms with Crippen molar-refractivity contribution in [1.82, 2.24) is 4.98 Å². The van der Waals surface area contributed by atoms with E-state index in [9.17, 15) is 4.79 Å². The normalized spacial score (nSPS) is 10.8. The number of ether oxygens (including phenoxy) is 1. The summed E-state index contributed by atoms with van der Waals surface area (Å²) < 4.78 is 11.4. The van der Waals surface area contributed by atoms with Gasteiger partial charge in [-0.25, -0.2) is 4.98 Å². The van der Waals surface area contributed by atoms with Gasteiger partial charge in [0.05, 0.1) is 17.7 Å². The van der Waals surface area contributed by atoms with Crippen LogP contribution in [0.1, 0.15) is 25.7 Å². The number of benzene rings is 2. The fourth-order valence-electron chi connectivity index (χ4n) is 3.29. The number of carboxylic acid groups (broad SMARTS) is 1. The van der Waals surface area contributed by atoms with Gasteiger partial charge in [-0.3, -0.25) is 4.79 Å². The lowest BCUT2D eigenvalue weighted by molar-refractivity contribution is -0.137. The van der Waals surface area contributed by atoms with Crippen molar-refractivity contribution in [2.45, 2.75) is 25.7 Å². The molecule has 2 aromatic heterocycles. The zero-order valence-corrected chi connectivity index (χ0v) is 17.8. The SMILES string of the molecule is O=C(O)CCCCCOc1ccccc1-c1cnc(-c2ccc(-c3ccco3)cc2)s1. The van der Waals surface area contributed by atoms with E-state index in [1.165, 1.54) is 0 Å². The summed E-state index contributed by atoms with van der Waals surface area (Å²) in [6.07, 6.45) is 6.12. The molecule has 0 aliphatic rings. The Kier molecular flexibility index (Phi) is 6.79. The third-order valence-electron chi connectivity index (χ3n) is 4.89. The van der Waals surface area contributed by atoms with Gasteiger partial charge in [-0.05, 0) is 43.5 Å². The number of hydrogen-bond donors (Lipinski definition) is 1. The Morgan fingerprint density at radius 2 is 1.77 bits per heavy atom. The lowest BCUT2D eigenvalue weighted by Gasteiger charge is -2.10. The van der Waals surface area contributed by atoms with Gasteiger partial charge in [0, 0.05) is 29.3 Å². The minimum atomic E-state index is -0.747. The summed E-state index contributed by atoms with van der Waals surface area (Å²) in [5, 5.41) is 9.66. The molecule has 0 radical (unpaired) electrons. The van der Waals surface area contributed by atoms with Crippen molar-refractivity contribution in [3.8, 4) is 38.1 Å². The first-order valence-corrected chi connectivity index (χ1v) is 11.1. The van der Waals surface area contributed by atoms with Gasteiger partial charge in [0.15, 0.2) is 0 Å². The first-order chi connectivity index (χ1) is 15.2. The number of thiazole rings is 1. The molecule has 0 unspecified atom stereocenters. The van der Waals surface area contributed by atoms with Gasteiger partial charge in [-0.15, -0.1) is 11.3 Å². The van der Waals surface area contributed by atoms with Crippen LogP contribution in [-0.2, 0) is 4.79 Å². The van der Waals surface area contributed by atoms with Crippen LogP contribution in [0.3, 0.4) is 0 Å². The van der Waals surface area contributed by atoms with E-state index < -0.39 is 5.97 Å². The second kappa shape index (κ2) is 10.1. The molecule has 0 aliphatic carbocycles. The largest absolute Gasteiger partial charge is 0.493 e.